The molecule has 1 aromatic heterocycles. The van der Waals surface area contributed by atoms with Gasteiger partial charge in [-0.15, -0.1) is 5.10 Å². The molecule has 1 aliphatic heterocycles. The molecule has 4 rings (SSSR count). The number of esters is 1. The van der Waals surface area contributed by atoms with Crippen LogP contribution in [0.3, 0.4) is 0 Å². The maximum absolute atomic E-state index is 13.0. The maximum atomic E-state index is 13.0. The second-order valence-corrected chi connectivity index (χ2v) is 8.86. The molecule has 9 heteroatoms. The molecule has 182 valence electrons. The predicted octanol–water partition coefficient (Wildman–Crippen LogP) is 4.23. The molecule has 2 heterocycles. The number of halogens is 1. The van der Waals surface area contributed by atoms with Crippen molar-refractivity contribution >= 4 is 35.0 Å². The first-order valence-electron chi connectivity index (χ1n) is 11.6. The number of amides is 1. The van der Waals surface area contributed by atoms with Crippen LogP contribution in [0.4, 0.5) is 11.5 Å². The zero-order valence-corrected chi connectivity index (χ0v) is 20.4. The lowest BCUT2D eigenvalue weighted by atomic mass is 9.97. The molecule has 1 saturated heterocycles. The van der Waals surface area contributed by atoms with Gasteiger partial charge in [-0.25, -0.2) is 4.79 Å². The number of hydrogen-bond acceptors (Lipinski definition) is 6. The lowest BCUT2D eigenvalue weighted by Crippen LogP contribution is -2.41. The summed E-state index contributed by atoms with van der Waals surface area (Å²) in [5.74, 6) is -0.216. The molecule has 0 radical (unpaired) electrons. The monoisotopic (exact) mass is 494 g/mol. The molecule has 0 aliphatic carbocycles. The highest BCUT2D eigenvalue weighted by molar-refractivity contribution is 6.31. The molecule has 0 bridgehead atoms. The van der Waals surface area contributed by atoms with E-state index in [1.807, 2.05) is 17.9 Å². The Hall–Kier alpha value is -3.65. The summed E-state index contributed by atoms with van der Waals surface area (Å²) in [6, 6.07) is 15.2. The number of rotatable bonds is 6. The highest BCUT2D eigenvalue weighted by Gasteiger charge is 2.27. The van der Waals surface area contributed by atoms with Crippen molar-refractivity contribution in [3.63, 3.8) is 0 Å². The van der Waals surface area contributed by atoms with E-state index in [-0.39, 0.29) is 24.0 Å². The summed E-state index contributed by atoms with van der Waals surface area (Å²) in [4.78, 5) is 39.5. The van der Waals surface area contributed by atoms with Crippen LogP contribution in [0.5, 0.6) is 0 Å². The number of benzene rings is 2. The molecule has 8 nitrogen and oxygen atoms in total. The molecule has 3 aromatic rings. The van der Waals surface area contributed by atoms with Crippen molar-refractivity contribution in [2.75, 3.05) is 29.9 Å². The quantitative estimate of drug-likeness (QED) is 0.515. The van der Waals surface area contributed by atoms with Crippen molar-refractivity contribution in [1.29, 1.82) is 0 Å². The van der Waals surface area contributed by atoms with E-state index >= 15 is 0 Å². The smallest absolute Gasteiger partial charge is 0.338 e. The summed E-state index contributed by atoms with van der Waals surface area (Å²) in [6.07, 6.45) is 1.53. The van der Waals surface area contributed by atoms with Gasteiger partial charge in [0.05, 0.1) is 23.8 Å². The van der Waals surface area contributed by atoms with E-state index < -0.39 is 5.97 Å². The third-order valence-electron chi connectivity index (χ3n) is 5.94. The molecule has 35 heavy (non-hydrogen) atoms. The third-order valence-corrected chi connectivity index (χ3v) is 6.35. The van der Waals surface area contributed by atoms with Gasteiger partial charge in [0.1, 0.15) is 5.82 Å². The Balaban J connectivity index is 1.49. The first kappa shape index (κ1) is 24.5. The SMILES string of the molecule is CCOC(=O)c1cccc(NC(=O)[C@H]2CCCN(c3ccc(=O)n(-c4ccc(C)c(Cl)c4)n3)C2)c1. The first-order chi connectivity index (χ1) is 16.9. The summed E-state index contributed by atoms with van der Waals surface area (Å²) in [6.45, 7) is 5.11. The lowest BCUT2D eigenvalue weighted by Gasteiger charge is -2.33. The average molecular weight is 495 g/mol. The zero-order valence-electron chi connectivity index (χ0n) is 19.7. The topological polar surface area (TPSA) is 93.5 Å². The Morgan fingerprint density at radius 1 is 1.17 bits per heavy atom. The van der Waals surface area contributed by atoms with Crippen molar-refractivity contribution in [2.24, 2.45) is 5.92 Å². The number of hydrogen-bond donors (Lipinski definition) is 1. The van der Waals surface area contributed by atoms with Crippen LogP contribution in [-0.4, -0.2) is 41.4 Å². The van der Waals surface area contributed by atoms with E-state index in [4.69, 9.17) is 16.3 Å². The minimum atomic E-state index is -0.427. The minimum Gasteiger partial charge on any atom is -0.462 e. The fourth-order valence-corrected chi connectivity index (χ4v) is 4.23. The minimum absolute atomic E-state index is 0.130. The van der Waals surface area contributed by atoms with Crippen LogP contribution < -0.4 is 15.8 Å². The van der Waals surface area contributed by atoms with Gasteiger partial charge in [-0.05, 0) is 68.7 Å². The molecule has 0 saturated carbocycles. The van der Waals surface area contributed by atoms with Crippen LogP contribution in [-0.2, 0) is 9.53 Å². The average Bonchev–Trinajstić information content (AvgIpc) is 2.86. The van der Waals surface area contributed by atoms with E-state index in [9.17, 15) is 14.4 Å². The van der Waals surface area contributed by atoms with Crippen molar-refractivity contribution in [1.82, 2.24) is 9.78 Å². The number of carbonyl (C=O) groups excluding carboxylic acids is 2. The van der Waals surface area contributed by atoms with Gasteiger partial charge in [0.15, 0.2) is 0 Å². The van der Waals surface area contributed by atoms with Crippen LogP contribution in [0.25, 0.3) is 5.69 Å². The van der Waals surface area contributed by atoms with Gasteiger partial charge in [-0.3, -0.25) is 9.59 Å². The molecule has 0 spiro atoms. The Morgan fingerprint density at radius 2 is 2.00 bits per heavy atom. The highest BCUT2D eigenvalue weighted by atomic mass is 35.5. The van der Waals surface area contributed by atoms with Crippen LogP contribution in [0.1, 0.15) is 35.7 Å². The van der Waals surface area contributed by atoms with Crippen molar-refractivity contribution in [3.8, 4) is 5.69 Å². The number of aryl methyl sites for hydroxylation is 1. The van der Waals surface area contributed by atoms with E-state index in [1.165, 1.54) is 10.7 Å². The molecule has 1 aliphatic rings. The largest absolute Gasteiger partial charge is 0.462 e. The number of anilines is 2. The number of ether oxygens (including phenoxy) is 1. The molecule has 1 amide bonds. The van der Waals surface area contributed by atoms with Gasteiger partial charge < -0.3 is 15.0 Å². The molecule has 1 fully saturated rings. The second kappa shape index (κ2) is 10.7. The molecular weight excluding hydrogens is 468 g/mol. The molecule has 2 aromatic carbocycles. The van der Waals surface area contributed by atoms with Crippen molar-refractivity contribution in [3.05, 3.63) is 81.1 Å². The molecule has 0 unspecified atom stereocenters. The van der Waals surface area contributed by atoms with Crippen LogP contribution in [0.15, 0.2) is 59.4 Å². The second-order valence-electron chi connectivity index (χ2n) is 8.45. The summed E-state index contributed by atoms with van der Waals surface area (Å²) in [7, 11) is 0. The van der Waals surface area contributed by atoms with E-state index in [1.54, 1.807) is 49.4 Å². The Bertz CT molecular complexity index is 1310. The summed E-state index contributed by atoms with van der Waals surface area (Å²) < 4.78 is 6.36. The van der Waals surface area contributed by atoms with E-state index in [0.717, 1.165) is 24.9 Å². The lowest BCUT2D eigenvalue weighted by molar-refractivity contribution is -0.120. The standard InChI is InChI=1S/C26H27ClN4O4/c1-3-35-26(34)18-6-4-8-20(14-18)28-25(33)19-7-5-13-30(16-19)23-11-12-24(32)31(29-23)21-10-9-17(2)22(27)15-21/h4,6,8-12,14-15,19H,3,5,7,13,16H2,1-2H3,(H,28,33)/t19-/m0/s1. The van der Waals surface area contributed by atoms with Crippen molar-refractivity contribution < 1.29 is 14.3 Å². The van der Waals surface area contributed by atoms with Gasteiger partial charge >= 0.3 is 5.97 Å². The van der Waals surface area contributed by atoms with Gasteiger partial charge in [-0.2, -0.15) is 4.68 Å². The van der Waals surface area contributed by atoms with E-state index in [2.05, 4.69) is 10.4 Å². The van der Waals surface area contributed by atoms with E-state index in [0.29, 0.717) is 34.3 Å². The summed E-state index contributed by atoms with van der Waals surface area (Å²) in [5.41, 5.74) is 2.16. The first-order valence-corrected chi connectivity index (χ1v) is 11.9. The fraction of sp³-hybridized carbons (Fsp3) is 0.308. The number of piperidine rings is 1. The summed E-state index contributed by atoms with van der Waals surface area (Å²) in [5, 5.41) is 8.03. The fourth-order valence-electron chi connectivity index (χ4n) is 4.05. The van der Waals surface area contributed by atoms with Gasteiger partial charge in [0, 0.05) is 29.9 Å². The third kappa shape index (κ3) is 5.71. The van der Waals surface area contributed by atoms with Crippen molar-refractivity contribution in [2.45, 2.75) is 26.7 Å². The number of nitrogens with one attached hydrogen (secondary N) is 1. The van der Waals surface area contributed by atoms with Gasteiger partial charge in [0.2, 0.25) is 5.91 Å². The maximum Gasteiger partial charge on any atom is 0.338 e. The molecular formula is C26H27ClN4O4. The highest BCUT2D eigenvalue weighted by Crippen LogP contribution is 2.24. The number of carbonyl (C=O) groups is 2. The van der Waals surface area contributed by atoms with Gasteiger partial charge in [0.25, 0.3) is 5.56 Å². The summed E-state index contributed by atoms with van der Waals surface area (Å²) >= 11 is 6.24. The van der Waals surface area contributed by atoms with Crippen LogP contribution in [0, 0.1) is 12.8 Å². The number of aromatic nitrogens is 2. The van der Waals surface area contributed by atoms with Gasteiger partial charge in [-0.1, -0.05) is 23.7 Å². The van der Waals surface area contributed by atoms with Crippen LogP contribution >= 0.6 is 11.6 Å². The molecule has 1 atom stereocenters. The predicted molar refractivity (Wildman–Crippen MR) is 136 cm³/mol. The molecule has 1 N–H and O–H groups in total. The Kier molecular flexibility index (Phi) is 7.51. The zero-order chi connectivity index (χ0) is 24.9. The Morgan fingerprint density at radius 3 is 2.77 bits per heavy atom. The normalized spacial score (nSPS) is 15.5. The Labute approximate surface area is 208 Å². The number of nitrogens with zero attached hydrogens (tertiary/aromatic N) is 3. The van der Waals surface area contributed by atoms with Crippen LogP contribution in [0.2, 0.25) is 5.02 Å².